The summed E-state index contributed by atoms with van der Waals surface area (Å²) in [7, 11) is 3.75. The standard InChI is InChI=1S/C23H28N2O3/c1-24-13-11-23(27,12-14-24)16-25(2)22(26)28-15-21-19-9-5-3-7-17(19)18-8-4-6-10-20(18)21/h3-10,21,27H,11-16H2,1-2H3. The quantitative estimate of drug-likeness (QED) is 0.884. The predicted octanol–water partition coefficient (Wildman–Crippen LogP) is 3.32. The average molecular weight is 380 g/mol. The zero-order valence-corrected chi connectivity index (χ0v) is 16.6. The van der Waals surface area contributed by atoms with Crippen LogP contribution in [0.4, 0.5) is 4.79 Å². The molecule has 0 saturated carbocycles. The van der Waals surface area contributed by atoms with Crippen molar-refractivity contribution in [2.45, 2.75) is 24.4 Å². The van der Waals surface area contributed by atoms with E-state index in [9.17, 15) is 9.90 Å². The molecule has 1 saturated heterocycles. The zero-order chi connectivity index (χ0) is 19.7. The Balaban J connectivity index is 1.41. The lowest BCUT2D eigenvalue weighted by Gasteiger charge is -2.38. The molecule has 28 heavy (non-hydrogen) atoms. The van der Waals surface area contributed by atoms with Crippen LogP contribution < -0.4 is 0 Å². The maximum atomic E-state index is 12.6. The molecule has 0 spiro atoms. The van der Waals surface area contributed by atoms with Gasteiger partial charge in [-0.3, -0.25) is 0 Å². The van der Waals surface area contributed by atoms with Gasteiger partial charge in [-0.2, -0.15) is 0 Å². The summed E-state index contributed by atoms with van der Waals surface area (Å²) < 4.78 is 5.67. The molecule has 2 aromatic rings. The minimum Gasteiger partial charge on any atom is -0.448 e. The van der Waals surface area contributed by atoms with Crippen molar-refractivity contribution in [1.82, 2.24) is 9.80 Å². The van der Waals surface area contributed by atoms with Gasteiger partial charge >= 0.3 is 6.09 Å². The van der Waals surface area contributed by atoms with Crippen molar-refractivity contribution in [3.63, 3.8) is 0 Å². The van der Waals surface area contributed by atoms with Crippen LogP contribution in [0.2, 0.25) is 0 Å². The molecule has 2 aliphatic rings. The van der Waals surface area contributed by atoms with Crippen molar-refractivity contribution >= 4 is 6.09 Å². The lowest BCUT2D eigenvalue weighted by molar-refractivity contribution is -0.0358. The van der Waals surface area contributed by atoms with Gasteiger partial charge < -0.3 is 19.6 Å². The normalized spacial score (nSPS) is 18.4. The zero-order valence-electron chi connectivity index (χ0n) is 16.6. The van der Waals surface area contributed by atoms with Crippen molar-refractivity contribution in [3.8, 4) is 11.1 Å². The monoisotopic (exact) mass is 380 g/mol. The maximum Gasteiger partial charge on any atom is 0.409 e. The van der Waals surface area contributed by atoms with E-state index in [1.165, 1.54) is 27.2 Å². The van der Waals surface area contributed by atoms with Gasteiger partial charge in [0.05, 0.1) is 12.1 Å². The number of carbonyl (C=O) groups excluding carboxylic acids is 1. The molecule has 1 amide bonds. The van der Waals surface area contributed by atoms with Crippen molar-refractivity contribution in [2.75, 3.05) is 40.3 Å². The fraction of sp³-hybridized carbons (Fsp3) is 0.435. The molecule has 0 radical (unpaired) electrons. The number of rotatable bonds is 4. The topological polar surface area (TPSA) is 53.0 Å². The molecule has 0 unspecified atom stereocenters. The third-order valence-electron chi connectivity index (χ3n) is 6.10. The number of amides is 1. The number of hydrogen-bond acceptors (Lipinski definition) is 4. The van der Waals surface area contributed by atoms with Gasteiger partial charge in [0.2, 0.25) is 0 Å². The Kier molecular flexibility index (Phi) is 5.13. The summed E-state index contributed by atoms with van der Waals surface area (Å²) in [6.45, 7) is 2.29. The predicted molar refractivity (Wildman–Crippen MR) is 109 cm³/mol. The summed E-state index contributed by atoms with van der Waals surface area (Å²) in [5.41, 5.74) is 4.01. The van der Waals surface area contributed by atoms with E-state index in [0.29, 0.717) is 26.0 Å². The second kappa shape index (κ2) is 7.57. The van der Waals surface area contributed by atoms with Crippen LogP contribution in [0.1, 0.15) is 29.9 Å². The van der Waals surface area contributed by atoms with Crippen molar-refractivity contribution in [2.24, 2.45) is 0 Å². The highest BCUT2D eigenvalue weighted by atomic mass is 16.6. The van der Waals surface area contributed by atoms with Gasteiger partial charge in [-0.15, -0.1) is 0 Å². The number of fused-ring (bicyclic) bond motifs is 3. The molecule has 1 aliphatic carbocycles. The number of piperidine rings is 1. The summed E-state index contributed by atoms with van der Waals surface area (Å²) in [4.78, 5) is 16.3. The minimum absolute atomic E-state index is 0.0520. The molecule has 1 aliphatic heterocycles. The molecule has 5 nitrogen and oxygen atoms in total. The fourth-order valence-electron chi connectivity index (χ4n) is 4.40. The number of hydrogen-bond donors (Lipinski definition) is 1. The van der Waals surface area contributed by atoms with E-state index in [1.54, 1.807) is 7.05 Å². The summed E-state index contributed by atoms with van der Waals surface area (Å²) in [6.07, 6.45) is 0.962. The molecule has 2 aromatic carbocycles. The maximum absolute atomic E-state index is 12.6. The summed E-state index contributed by atoms with van der Waals surface area (Å²) in [5, 5.41) is 10.8. The molecule has 0 aromatic heterocycles. The van der Waals surface area contributed by atoms with Gasteiger partial charge in [-0.1, -0.05) is 48.5 Å². The molecular formula is C23H28N2O3. The Morgan fingerprint density at radius 3 is 2.21 bits per heavy atom. The second-order valence-electron chi connectivity index (χ2n) is 8.19. The van der Waals surface area contributed by atoms with Crippen LogP contribution in [-0.2, 0) is 4.74 Å². The van der Waals surface area contributed by atoms with Crippen LogP contribution in [-0.4, -0.2) is 66.9 Å². The third kappa shape index (κ3) is 3.64. The summed E-state index contributed by atoms with van der Waals surface area (Å²) >= 11 is 0. The van der Waals surface area contributed by atoms with Crippen LogP contribution in [0.3, 0.4) is 0 Å². The number of aliphatic hydroxyl groups is 1. The number of likely N-dealkylation sites (tertiary alicyclic amines) is 1. The van der Waals surface area contributed by atoms with Crippen LogP contribution in [0.15, 0.2) is 48.5 Å². The van der Waals surface area contributed by atoms with Crippen LogP contribution in [0.5, 0.6) is 0 Å². The molecule has 0 atom stereocenters. The van der Waals surface area contributed by atoms with Gasteiger partial charge in [0.15, 0.2) is 0 Å². The average Bonchev–Trinajstić information content (AvgIpc) is 3.02. The number of likely N-dealkylation sites (N-methyl/N-ethyl adjacent to an activating group) is 1. The molecule has 1 heterocycles. The summed E-state index contributed by atoms with van der Waals surface area (Å²) in [6, 6.07) is 16.6. The Morgan fingerprint density at radius 2 is 1.64 bits per heavy atom. The number of nitrogens with zero attached hydrogens (tertiary/aromatic N) is 2. The first-order valence-electron chi connectivity index (χ1n) is 9.94. The molecule has 1 N–H and O–H groups in total. The Bertz CT molecular complexity index is 813. The summed E-state index contributed by atoms with van der Waals surface area (Å²) in [5.74, 6) is 0.0520. The Hall–Kier alpha value is -2.37. The van der Waals surface area contributed by atoms with E-state index in [-0.39, 0.29) is 12.0 Å². The Morgan fingerprint density at radius 1 is 1.11 bits per heavy atom. The van der Waals surface area contributed by atoms with Crippen LogP contribution in [0.25, 0.3) is 11.1 Å². The SMILES string of the molecule is CN1CCC(O)(CN(C)C(=O)OCC2c3ccccc3-c3ccccc32)CC1. The first-order chi connectivity index (χ1) is 13.5. The molecule has 4 rings (SSSR count). The largest absolute Gasteiger partial charge is 0.448 e. The highest BCUT2D eigenvalue weighted by Crippen LogP contribution is 2.44. The highest BCUT2D eigenvalue weighted by molar-refractivity contribution is 5.79. The van der Waals surface area contributed by atoms with E-state index in [4.69, 9.17) is 4.74 Å². The van der Waals surface area contributed by atoms with E-state index in [2.05, 4.69) is 36.2 Å². The van der Waals surface area contributed by atoms with E-state index in [1.807, 2.05) is 24.3 Å². The van der Waals surface area contributed by atoms with E-state index < -0.39 is 5.60 Å². The molecular weight excluding hydrogens is 352 g/mol. The van der Waals surface area contributed by atoms with Crippen molar-refractivity contribution in [3.05, 3.63) is 59.7 Å². The van der Waals surface area contributed by atoms with Gasteiger partial charge in [0, 0.05) is 26.1 Å². The molecule has 1 fully saturated rings. The first kappa shape index (κ1) is 19.0. The van der Waals surface area contributed by atoms with Gasteiger partial charge in [-0.25, -0.2) is 4.79 Å². The smallest absolute Gasteiger partial charge is 0.409 e. The van der Waals surface area contributed by atoms with Crippen molar-refractivity contribution in [1.29, 1.82) is 0 Å². The van der Waals surface area contributed by atoms with Crippen LogP contribution >= 0.6 is 0 Å². The van der Waals surface area contributed by atoms with Gasteiger partial charge in [0.25, 0.3) is 0 Å². The van der Waals surface area contributed by atoms with Gasteiger partial charge in [0.1, 0.15) is 6.61 Å². The lowest BCUT2D eigenvalue weighted by Crippen LogP contribution is -2.50. The van der Waals surface area contributed by atoms with E-state index in [0.717, 1.165) is 13.1 Å². The second-order valence-corrected chi connectivity index (χ2v) is 8.19. The number of ether oxygens (including phenoxy) is 1. The van der Waals surface area contributed by atoms with E-state index >= 15 is 0 Å². The highest BCUT2D eigenvalue weighted by Gasteiger charge is 2.34. The minimum atomic E-state index is -0.827. The Labute approximate surface area is 166 Å². The van der Waals surface area contributed by atoms with Gasteiger partial charge in [-0.05, 0) is 42.1 Å². The molecule has 148 valence electrons. The van der Waals surface area contributed by atoms with Crippen LogP contribution in [0, 0.1) is 0 Å². The molecule has 5 heteroatoms. The number of benzene rings is 2. The lowest BCUT2D eigenvalue weighted by atomic mass is 9.91. The molecule has 0 bridgehead atoms. The van der Waals surface area contributed by atoms with Crippen molar-refractivity contribution < 1.29 is 14.6 Å². The first-order valence-corrected chi connectivity index (χ1v) is 9.94. The third-order valence-corrected chi connectivity index (χ3v) is 6.10. The number of carbonyl (C=O) groups is 1. The fourth-order valence-corrected chi connectivity index (χ4v) is 4.40.